The van der Waals surface area contributed by atoms with Gasteiger partial charge in [-0.25, -0.2) is 0 Å². The molecule has 3 nitrogen and oxygen atoms in total. The van der Waals surface area contributed by atoms with Crippen LogP contribution in [0.4, 0.5) is 0 Å². The molecule has 0 aliphatic heterocycles. The van der Waals surface area contributed by atoms with Gasteiger partial charge in [0.15, 0.2) is 0 Å². The fraction of sp³-hybridized carbons (Fsp3) is 0.967. The van der Waals surface area contributed by atoms with Crippen LogP contribution in [0.3, 0.4) is 0 Å². The van der Waals surface area contributed by atoms with Crippen molar-refractivity contribution in [1.82, 2.24) is 4.90 Å². The summed E-state index contributed by atoms with van der Waals surface area (Å²) in [5.41, 5.74) is 0. The minimum Gasteiger partial charge on any atom is -0.464 e. The van der Waals surface area contributed by atoms with Crippen LogP contribution in [0.5, 0.6) is 0 Å². The van der Waals surface area contributed by atoms with Crippen molar-refractivity contribution in [2.45, 2.75) is 173 Å². The van der Waals surface area contributed by atoms with Gasteiger partial charge in [0, 0.05) is 25.0 Å². The molecule has 194 valence electrons. The number of esters is 1. The van der Waals surface area contributed by atoms with Crippen LogP contribution in [0, 0.1) is 0 Å². The van der Waals surface area contributed by atoms with E-state index in [2.05, 4.69) is 11.8 Å². The predicted molar refractivity (Wildman–Crippen MR) is 142 cm³/mol. The minimum absolute atomic E-state index is 0.0301. The average Bonchev–Trinajstić information content (AvgIpc) is 3.54. The smallest absolute Gasteiger partial charge is 0.305 e. The molecule has 0 atom stereocenters. The molecule has 0 saturated heterocycles. The van der Waals surface area contributed by atoms with Gasteiger partial charge in [0.25, 0.3) is 0 Å². The fourth-order valence-corrected chi connectivity index (χ4v) is 6.11. The molecule has 2 fully saturated rings. The Morgan fingerprint density at radius 1 is 0.636 bits per heavy atom. The summed E-state index contributed by atoms with van der Waals surface area (Å²) in [6.45, 7) is 3.85. The number of hydrogen-bond acceptors (Lipinski definition) is 3. The van der Waals surface area contributed by atoms with E-state index in [0.29, 0.717) is 13.0 Å². The van der Waals surface area contributed by atoms with Gasteiger partial charge in [0.1, 0.15) is 6.61 Å². The Balaban J connectivity index is 1.35. The number of ether oxygens (including phenoxy) is 1. The quantitative estimate of drug-likeness (QED) is 0.126. The summed E-state index contributed by atoms with van der Waals surface area (Å²) < 4.78 is 5.63. The first-order chi connectivity index (χ1) is 16.3. The Morgan fingerprint density at radius 2 is 1.03 bits per heavy atom. The molecule has 0 heterocycles. The van der Waals surface area contributed by atoms with Gasteiger partial charge in [-0.3, -0.25) is 9.69 Å². The largest absolute Gasteiger partial charge is 0.464 e. The molecule has 0 aromatic carbocycles. The maximum atomic E-state index is 12.2. The highest BCUT2D eigenvalue weighted by Gasteiger charge is 2.30. The van der Waals surface area contributed by atoms with Gasteiger partial charge >= 0.3 is 5.97 Å². The summed E-state index contributed by atoms with van der Waals surface area (Å²) in [5, 5.41) is 0. The first kappa shape index (κ1) is 28.7. The van der Waals surface area contributed by atoms with E-state index in [9.17, 15) is 4.79 Å². The monoisotopic (exact) mass is 463 g/mol. The predicted octanol–water partition coefficient (Wildman–Crippen LogP) is 8.98. The molecule has 33 heavy (non-hydrogen) atoms. The summed E-state index contributed by atoms with van der Waals surface area (Å²) in [5.74, 6) is 0.0301. The van der Waals surface area contributed by atoms with E-state index in [4.69, 9.17) is 4.74 Å². The minimum atomic E-state index is 0.0301. The Labute approximate surface area is 206 Å². The SMILES string of the molecule is CCCCCCCCCCCCCCCCCC(=O)OCCN(C1CCCC1)C1CCCC1. The van der Waals surface area contributed by atoms with Crippen LogP contribution in [0.1, 0.15) is 161 Å². The fourth-order valence-electron chi connectivity index (χ4n) is 6.11. The number of unbranched alkanes of at least 4 members (excludes halogenated alkanes) is 14. The molecule has 0 aromatic rings. The lowest BCUT2D eigenvalue weighted by atomic mass is 10.0. The highest BCUT2D eigenvalue weighted by molar-refractivity contribution is 5.69. The second-order valence-electron chi connectivity index (χ2n) is 11.0. The van der Waals surface area contributed by atoms with Gasteiger partial charge in [-0.1, -0.05) is 122 Å². The molecule has 2 aliphatic carbocycles. The standard InChI is InChI=1S/C30H57NO2/c1-2-3-4-5-6-7-8-9-10-11-12-13-14-15-16-25-30(32)33-27-26-31(28-21-17-18-22-28)29-23-19-20-24-29/h28-29H,2-27H2,1H3. The Hall–Kier alpha value is -0.570. The molecular formula is C30H57NO2. The van der Waals surface area contributed by atoms with Gasteiger partial charge in [-0.15, -0.1) is 0 Å². The van der Waals surface area contributed by atoms with Crippen molar-refractivity contribution in [3.8, 4) is 0 Å². The number of carbonyl (C=O) groups is 1. The van der Waals surface area contributed by atoms with Crippen molar-refractivity contribution in [2.75, 3.05) is 13.2 Å². The van der Waals surface area contributed by atoms with E-state index >= 15 is 0 Å². The summed E-state index contributed by atoms with van der Waals surface area (Å²) in [6, 6.07) is 1.50. The lowest BCUT2D eigenvalue weighted by molar-refractivity contribution is -0.144. The van der Waals surface area contributed by atoms with Crippen molar-refractivity contribution in [3.05, 3.63) is 0 Å². The lowest BCUT2D eigenvalue weighted by Gasteiger charge is -2.34. The molecule has 0 radical (unpaired) electrons. The number of rotatable bonds is 21. The zero-order valence-corrected chi connectivity index (χ0v) is 22.3. The summed E-state index contributed by atoms with van der Waals surface area (Å²) in [6.07, 6.45) is 32.0. The number of carbonyl (C=O) groups excluding carboxylic acids is 1. The molecule has 2 saturated carbocycles. The molecule has 2 rings (SSSR count). The number of nitrogens with zero attached hydrogens (tertiary/aromatic N) is 1. The molecular weight excluding hydrogens is 406 g/mol. The Morgan fingerprint density at radius 3 is 1.45 bits per heavy atom. The second-order valence-corrected chi connectivity index (χ2v) is 11.0. The van der Waals surface area contributed by atoms with Crippen LogP contribution in [-0.2, 0) is 9.53 Å². The average molecular weight is 464 g/mol. The maximum Gasteiger partial charge on any atom is 0.305 e. The summed E-state index contributed by atoms with van der Waals surface area (Å²) in [4.78, 5) is 14.9. The van der Waals surface area contributed by atoms with Crippen molar-refractivity contribution < 1.29 is 9.53 Å². The van der Waals surface area contributed by atoms with Crippen LogP contribution in [0.2, 0.25) is 0 Å². The number of hydrogen-bond donors (Lipinski definition) is 0. The van der Waals surface area contributed by atoms with E-state index in [-0.39, 0.29) is 5.97 Å². The van der Waals surface area contributed by atoms with Crippen LogP contribution < -0.4 is 0 Å². The van der Waals surface area contributed by atoms with Crippen LogP contribution >= 0.6 is 0 Å². The molecule has 0 aromatic heterocycles. The molecule has 0 spiro atoms. The second kappa shape index (κ2) is 19.7. The van der Waals surface area contributed by atoms with E-state index in [1.807, 2.05) is 0 Å². The van der Waals surface area contributed by atoms with E-state index in [1.54, 1.807) is 0 Å². The van der Waals surface area contributed by atoms with Gasteiger partial charge in [0.2, 0.25) is 0 Å². The molecule has 0 bridgehead atoms. The first-order valence-electron chi connectivity index (χ1n) is 15.2. The van der Waals surface area contributed by atoms with E-state index < -0.39 is 0 Å². The zero-order valence-electron chi connectivity index (χ0n) is 22.3. The molecule has 0 unspecified atom stereocenters. The summed E-state index contributed by atoms with van der Waals surface area (Å²) >= 11 is 0. The Bertz CT molecular complexity index is 438. The van der Waals surface area contributed by atoms with E-state index in [1.165, 1.54) is 141 Å². The van der Waals surface area contributed by atoms with Gasteiger partial charge in [0.05, 0.1) is 0 Å². The van der Waals surface area contributed by atoms with Gasteiger partial charge in [-0.2, -0.15) is 0 Å². The molecule has 2 aliphatic rings. The Kier molecular flexibility index (Phi) is 17.1. The lowest BCUT2D eigenvalue weighted by Crippen LogP contribution is -2.42. The molecule has 0 N–H and O–H groups in total. The van der Waals surface area contributed by atoms with E-state index in [0.717, 1.165) is 25.0 Å². The van der Waals surface area contributed by atoms with Crippen molar-refractivity contribution in [3.63, 3.8) is 0 Å². The molecule has 0 amide bonds. The summed E-state index contributed by atoms with van der Waals surface area (Å²) in [7, 11) is 0. The highest BCUT2D eigenvalue weighted by atomic mass is 16.5. The third kappa shape index (κ3) is 13.8. The maximum absolute atomic E-state index is 12.2. The van der Waals surface area contributed by atoms with Gasteiger partial charge < -0.3 is 4.74 Å². The first-order valence-corrected chi connectivity index (χ1v) is 15.2. The zero-order chi connectivity index (χ0) is 23.4. The van der Waals surface area contributed by atoms with Crippen molar-refractivity contribution in [1.29, 1.82) is 0 Å². The third-order valence-corrected chi connectivity index (χ3v) is 8.18. The van der Waals surface area contributed by atoms with Crippen LogP contribution in [-0.4, -0.2) is 36.1 Å². The van der Waals surface area contributed by atoms with Gasteiger partial charge in [-0.05, 0) is 32.1 Å². The van der Waals surface area contributed by atoms with Crippen LogP contribution in [0.15, 0.2) is 0 Å². The highest BCUT2D eigenvalue weighted by Crippen LogP contribution is 2.31. The molecule has 3 heteroatoms. The third-order valence-electron chi connectivity index (χ3n) is 8.18. The topological polar surface area (TPSA) is 29.5 Å². The van der Waals surface area contributed by atoms with Crippen molar-refractivity contribution >= 4 is 5.97 Å². The van der Waals surface area contributed by atoms with Crippen LogP contribution in [0.25, 0.3) is 0 Å². The normalized spacial score (nSPS) is 17.4. The van der Waals surface area contributed by atoms with Crippen molar-refractivity contribution in [2.24, 2.45) is 0 Å².